The summed E-state index contributed by atoms with van der Waals surface area (Å²) in [6.07, 6.45) is 7.74. The lowest BCUT2D eigenvalue weighted by Crippen LogP contribution is -2.37. The second-order valence-corrected chi connectivity index (χ2v) is 8.05. The number of nitrogens with one attached hydrogen (secondary N) is 1. The number of phenols is 1. The molecule has 1 aromatic carbocycles. The van der Waals surface area contributed by atoms with E-state index < -0.39 is 0 Å². The number of ether oxygens (including phenoxy) is 1. The Morgan fingerprint density at radius 3 is 2.83 bits per heavy atom. The van der Waals surface area contributed by atoms with Crippen LogP contribution in [0.3, 0.4) is 0 Å². The van der Waals surface area contributed by atoms with Gasteiger partial charge in [0.25, 0.3) is 0 Å². The van der Waals surface area contributed by atoms with E-state index in [4.69, 9.17) is 9.84 Å². The third kappa shape index (κ3) is 2.70. The van der Waals surface area contributed by atoms with Crippen molar-refractivity contribution in [1.82, 2.24) is 5.32 Å². The van der Waals surface area contributed by atoms with Crippen LogP contribution in [0.4, 0.5) is 0 Å². The summed E-state index contributed by atoms with van der Waals surface area (Å²) in [5.74, 6) is 2.76. The van der Waals surface area contributed by atoms with Crippen molar-refractivity contribution < 1.29 is 14.9 Å². The number of aromatic hydroxyl groups is 1. The fourth-order valence-corrected chi connectivity index (χ4v) is 5.05. The Labute approximate surface area is 144 Å². The Hall–Kier alpha value is -1.26. The Bertz CT molecular complexity index is 630. The zero-order chi connectivity index (χ0) is 16.7. The number of hydrogen-bond acceptors (Lipinski definition) is 4. The van der Waals surface area contributed by atoms with Crippen molar-refractivity contribution in [2.24, 2.45) is 0 Å². The van der Waals surface area contributed by atoms with Crippen LogP contribution >= 0.6 is 0 Å². The molecular formula is C20H29NO3. The topological polar surface area (TPSA) is 61.7 Å². The third-order valence-corrected chi connectivity index (χ3v) is 6.28. The van der Waals surface area contributed by atoms with Crippen LogP contribution in [0.25, 0.3) is 0 Å². The van der Waals surface area contributed by atoms with Gasteiger partial charge in [-0.3, -0.25) is 0 Å². The highest BCUT2D eigenvalue weighted by molar-refractivity contribution is 5.60. The molecule has 3 N–H and O–H groups in total. The van der Waals surface area contributed by atoms with Crippen LogP contribution in [-0.4, -0.2) is 35.5 Å². The Kier molecular flexibility index (Phi) is 4.21. The van der Waals surface area contributed by atoms with Crippen LogP contribution in [-0.2, 0) is 6.42 Å². The zero-order valence-corrected chi connectivity index (χ0v) is 14.6. The summed E-state index contributed by atoms with van der Waals surface area (Å²) >= 11 is 0. The van der Waals surface area contributed by atoms with Crippen molar-refractivity contribution in [3.63, 3.8) is 0 Å². The molecule has 1 fully saturated rings. The number of aryl methyl sites for hydroxylation is 1. The first-order chi connectivity index (χ1) is 11.6. The maximum atomic E-state index is 10.5. The molecular weight excluding hydrogens is 302 g/mol. The van der Waals surface area contributed by atoms with Gasteiger partial charge < -0.3 is 20.3 Å². The summed E-state index contributed by atoms with van der Waals surface area (Å²) in [7, 11) is 0. The van der Waals surface area contributed by atoms with Gasteiger partial charge in [-0.05, 0) is 81.9 Å². The molecule has 132 valence electrons. The van der Waals surface area contributed by atoms with Gasteiger partial charge in [0.15, 0.2) is 0 Å². The number of hydrogen-bond donors (Lipinski definition) is 3. The highest BCUT2D eigenvalue weighted by Crippen LogP contribution is 2.60. The van der Waals surface area contributed by atoms with Gasteiger partial charge >= 0.3 is 0 Å². The molecule has 2 bridgehead atoms. The molecule has 24 heavy (non-hydrogen) atoms. The number of fused-ring (bicyclic) bond motifs is 7. The summed E-state index contributed by atoms with van der Waals surface area (Å²) < 4.78 is 6.59. The van der Waals surface area contributed by atoms with Crippen molar-refractivity contribution in [2.45, 2.75) is 69.3 Å². The maximum absolute atomic E-state index is 10.5. The third-order valence-electron chi connectivity index (χ3n) is 6.28. The maximum Gasteiger partial charge on any atom is 0.127 e. The standard InChI is InChI=1S/C20H29NO3/c1-20(6-2-8-21-9-10-22)7-5-15-12-16(23)17-13-3-4-14(11-13)18(17)19(15)24-20/h12-14,21-23H,2-11H2,1H3. The van der Waals surface area contributed by atoms with E-state index in [1.807, 2.05) is 6.07 Å². The summed E-state index contributed by atoms with van der Waals surface area (Å²) in [6, 6.07) is 1.97. The number of aliphatic hydroxyl groups is 1. The minimum absolute atomic E-state index is 0.111. The summed E-state index contributed by atoms with van der Waals surface area (Å²) in [5, 5.41) is 22.6. The van der Waals surface area contributed by atoms with Gasteiger partial charge in [0.05, 0.1) is 6.61 Å². The minimum atomic E-state index is -0.111. The number of aliphatic hydroxyl groups excluding tert-OH is 1. The Morgan fingerprint density at radius 2 is 2.04 bits per heavy atom. The molecule has 3 aliphatic rings. The highest BCUT2D eigenvalue weighted by atomic mass is 16.5. The summed E-state index contributed by atoms with van der Waals surface area (Å²) in [4.78, 5) is 0. The van der Waals surface area contributed by atoms with E-state index in [1.54, 1.807) is 0 Å². The van der Waals surface area contributed by atoms with Crippen molar-refractivity contribution in [2.75, 3.05) is 19.7 Å². The molecule has 1 aliphatic heterocycles. The van der Waals surface area contributed by atoms with Crippen LogP contribution in [0, 0.1) is 0 Å². The van der Waals surface area contributed by atoms with Crippen molar-refractivity contribution in [3.05, 3.63) is 22.8 Å². The lowest BCUT2D eigenvalue weighted by atomic mass is 9.83. The first kappa shape index (κ1) is 16.2. The molecule has 4 nitrogen and oxygen atoms in total. The fraction of sp³-hybridized carbons (Fsp3) is 0.700. The molecule has 1 saturated carbocycles. The number of phenolic OH excluding ortho intramolecular Hbond substituents is 1. The molecule has 0 saturated heterocycles. The predicted molar refractivity (Wildman–Crippen MR) is 94.0 cm³/mol. The average molecular weight is 331 g/mol. The van der Waals surface area contributed by atoms with Crippen LogP contribution in [0.1, 0.15) is 74.0 Å². The molecule has 3 atom stereocenters. The molecule has 0 radical (unpaired) electrons. The van der Waals surface area contributed by atoms with Crippen molar-refractivity contribution in [1.29, 1.82) is 0 Å². The molecule has 4 heteroatoms. The SMILES string of the molecule is CC1(CCCNCCO)CCc2cc(O)c3c(c2O1)C1CCC3C1. The van der Waals surface area contributed by atoms with Crippen molar-refractivity contribution >= 4 is 0 Å². The molecule has 0 aromatic heterocycles. The fourth-order valence-electron chi connectivity index (χ4n) is 5.05. The monoisotopic (exact) mass is 331 g/mol. The van der Waals surface area contributed by atoms with Gasteiger partial charge in [-0.1, -0.05) is 0 Å². The lowest BCUT2D eigenvalue weighted by molar-refractivity contribution is 0.0524. The number of benzene rings is 1. The summed E-state index contributed by atoms with van der Waals surface area (Å²) in [5.41, 5.74) is 3.62. The van der Waals surface area contributed by atoms with Crippen LogP contribution < -0.4 is 10.1 Å². The van der Waals surface area contributed by atoms with Crippen LogP contribution in [0.5, 0.6) is 11.5 Å². The molecule has 4 rings (SSSR count). The van der Waals surface area contributed by atoms with E-state index >= 15 is 0 Å². The molecule has 0 amide bonds. The van der Waals surface area contributed by atoms with Gasteiger partial charge in [-0.15, -0.1) is 0 Å². The van der Waals surface area contributed by atoms with Gasteiger partial charge in [-0.25, -0.2) is 0 Å². The second kappa shape index (κ2) is 6.23. The minimum Gasteiger partial charge on any atom is -0.508 e. The van der Waals surface area contributed by atoms with E-state index in [-0.39, 0.29) is 12.2 Å². The Balaban J connectivity index is 1.53. The van der Waals surface area contributed by atoms with E-state index in [1.165, 1.54) is 36.0 Å². The largest absolute Gasteiger partial charge is 0.508 e. The Morgan fingerprint density at radius 1 is 1.25 bits per heavy atom. The molecule has 3 unspecified atom stereocenters. The molecule has 1 heterocycles. The smallest absolute Gasteiger partial charge is 0.127 e. The van der Waals surface area contributed by atoms with Gasteiger partial charge in [0.2, 0.25) is 0 Å². The highest BCUT2D eigenvalue weighted by Gasteiger charge is 2.44. The second-order valence-electron chi connectivity index (χ2n) is 8.05. The van der Waals surface area contributed by atoms with Gasteiger partial charge in [-0.2, -0.15) is 0 Å². The van der Waals surface area contributed by atoms with E-state index in [0.29, 0.717) is 24.1 Å². The molecule has 0 spiro atoms. The first-order valence-corrected chi connectivity index (χ1v) is 9.50. The normalized spacial score (nSPS) is 30.1. The van der Waals surface area contributed by atoms with E-state index in [0.717, 1.165) is 38.0 Å². The first-order valence-electron chi connectivity index (χ1n) is 9.50. The van der Waals surface area contributed by atoms with E-state index in [9.17, 15) is 5.11 Å². The molecule has 1 aromatic rings. The quantitative estimate of drug-likeness (QED) is 0.701. The van der Waals surface area contributed by atoms with Crippen LogP contribution in [0.2, 0.25) is 0 Å². The van der Waals surface area contributed by atoms with Crippen molar-refractivity contribution in [3.8, 4) is 11.5 Å². The summed E-state index contributed by atoms with van der Waals surface area (Å²) in [6.45, 7) is 4.01. The average Bonchev–Trinajstić information content (AvgIpc) is 3.18. The number of rotatable bonds is 6. The lowest BCUT2D eigenvalue weighted by Gasteiger charge is -2.38. The predicted octanol–water partition coefficient (Wildman–Crippen LogP) is 3.20. The van der Waals surface area contributed by atoms with Gasteiger partial charge in [0.1, 0.15) is 17.1 Å². The van der Waals surface area contributed by atoms with Gasteiger partial charge in [0, 0.05) is 17.7 Å². The molecule has 2 aliphatic carbocycles. The van der Waals surface area contributed by atoms with Crippen LogP contribution in [0.15, 0.2) is 6.07 Å². The van der Waals surface area contributed by atoms with E-state index in [2.05, 4.69) is 12.2 Å². The zero-order valence-electron chi connectivity index (χ0n) is 14.6.